The van der Waals surface area contributed by atoms with Gasteiger partial charge in [-0.15, -0.1) is 0 Å². The van der Waals surface area contributed by atoms with Crippen LogP contribution in [0.15, 0.2) is 12.4 Å². The van der Waals surface area contributed by atoms with Crippen molar-refractivity contribution < 1.29 is 14.3 Å². The quantitative estimate of drug-likeness (QED) is 0.503. The maximum Gasteiger partial charge on any atom is 0.327 e. The van der Waals surface area contributed by atoms with E-state index >= 15 is 0 Å². The molecular formula is C10H11N3O3. The summed E-state index contributed by atoms with van der Waals surface area (Å²) in [5.74, 6) is -1.03. The number of aromatic nitrogens is 2. The number of hydrogen-bond donors (Lipinski definition) is 0. The van der Waals surface area contributed by atoms with Gasteiger partial charge in [-0.3, -0.25) is 24.5 Å². The summed E-state index contributed by atoms with van der Waals surface area (Å²) in [4.78, 5) is 31.9. The Morgan fingerprint density at radius 2 is 1.94 bits per heavy atom. The Morgan fingerprint density at radius 3 is 2.50 bits per heavy atom. The van der Waals surface area contributed by atoms with Crippen molar-refractivity contribution in [3.8, 4) is 0 Å². The second-order valence-electron chi connectivity index (χ2n) is 3.64. The largest absolute Gasteiger partial charge is 0.391 e. The molecule has 1 aromatic heterocycles. The van der Waals surface area contributed by atoms with Gasteiger partial charge in [0.2, 0.25) is 0 Å². The number of carbonyl (C=O) groups is 2. The molecule has 2 rings (SSSR count). The minimum atomic E-state index is -0.517. The maximum absolute atomic E-state index is 11.0. The third kappa shape index (κ3) is 2.60. The predicted octanol–water partition coefficient (Wildman–Crippen LogP) is -0.330. The first-order valence-electron chi connectivity index (χ1n) is 4.87. The van der Waals surface area contributed by atoms with E-state index in [1.165, 1.54) is 0 Å². The van der Waals surface area contributed by atoms with E-state index in [1.807, 2.05) is 6.92 Å². The zero-order valence-corrected chi connectivity index (χ0v) is 8.84. The van der Waals surface area contributed by atoms with Crippen molar-refractivity contribution in [2.24, 2.45) is 0 Å². The molecule has 0 bridgehead atoms. The molecule has 84 valence electrons. The summed E-state index contributed by atoms with van der Waals surface area (Å²) in [7, 11) is 0. The Bertz CT molecular complexity index is 400. The van der Waals surface area contributed by atoms with Crippen LogP contribution in [0.25, 0.3) is 0 Å². The van der Waals surface area contributed by atoms with E-state index < -0.39 is 11.9 Å². The van der Waals surface area contributed by atoms with Crippen molar-refractivity contribution in [2.75, 3.05) is 13.1 Å². The number of carbonyl (C=O) groups excluding carboxylic acids is 2. The minimum Gasteiger partial charge on any atom is -0.391 e. The van der Waals surface area contributed by atoms with E-state index in [0.717, 1.165) is 11.4 Å². The van der Waals surface area contributed by atoms with Gasteiger partial charge in [0.1, 0.15) is 0 Å². The van der Waals surface area contributed by atoms with Crippen LogP contribution in [0.2, 0.25) is 0 Å². The lowest BCUT2D eigenvalue weighted by molar-refractivity contribution is -0.167. The van der Waals surface area contributed by atoms with Crippen LogP contribution in [0.5, 0.6) is 0 Å². The lowest BCUT2D eigenvalue weighted by atomic mass is 10.3. The van der Waals surface area contributed by atoms with Gasteiger partial charge in [0.15, 0.2) is 0 Å². The molecular weight excluding hydrogens is 210 g/mol. The molecule has 6 heteroatoms. The van der Waals surface area contributed by atoms with E-state index in [1.54, 1.807) is 17.3 Å². The Labute approximate surface area is 92.3 Å². The summed E-state index contributed by atoms with van der Waals surface area (Å²) in [6.45, 7) is 2.50. The number of rotatable bonds is 2. The fraction of sp³-hybridized carbons (Fsp3) is 0.400. The van der Waals surface area contributed by atoms with E-state index in [0.29, 0.717) is 6.54 Å². The smallest absolute Gasteiger partial charge is 0.327 e. The number of cyclic esters (lactones) is 2. The molecule has 0 aromatic carbocycles. The number of aryl methyl sites for hydroxylation is 1. The lowest BCUT2D eigenvalue weighted by Crippen LogP contribution is -2.42. The van der Waals surface area contributed by atoms with E-state index in [-0.39, 0.29) is 13.1 Å². The third-order valence-electron chi connectivity index (χ3n) is 2.15. The van der Waals surface area contributed by atoms with E-state index in [9.17, 15) is 9.59 Å². The number of hydrogen-bond acceptors (Lipinski definition) is 6. The second kappa shape index (κ2) is 4.36. The van der Waals surface area contributed by atoms with Gasteiger partial charge in [-0.25, -0.2) is 0 Å². The second-order valence-corrected chi connectivity index (χ2v) is 3.64. The van der Waals surface area contributed by atoms with Crippen LogP contribution in [-0.4, -0.2) is 39.9 Å². The monoisotopic (exact) mass is 221 g/mol. The fourth-order valence-electron chi connectivity index (χ4n) is 1.45. The molecule has 1 fully saturated rings. The molecule has 0 spiro atoms. The van der Waals surface area contributed by atoms with E-state index in [4.69, 9.17) is 0 Å². The number of nitrogens with zero attached hydrogens (tertiary/aromatic N) is 3. The van der Waals surface area contributed by atoms with Gasteiger partial charge in [-0.2, -0.15) is 0 Å². The molecule has 1 aliphatic rings. The highest BCUT2D eigenvalue weighted by atomic mass is 16.6. The molecule has 1 aliphatic heterocycles. The van der Waals surface area contributed by atoms with Gasteiger partial charge in [-0.05, 0) is 6.92 Å². The SMILES string of the molecule is Cc1cnc(CN2CC(=O)OC(=O)C2)cn1. The molecule has 1 aromatic rings. The average molecular weight is 221 g/mol. The molecule has 2 heterocycles. The van der Waals surface area contributed by atoms with Crippen molar-refractivity contribution in [1.82, 2.24) is 14.9 Å². The van der Waals surface area contributed by atoms with Crippen LogP contribution >= 0.6 is 0 Å². The fourth-order valence-corrected chi connectivity index (χ4v) is 1.45. The Morgan fingerprint density at radius 1 is 1.25 bits per heavy atom. The van der Waals surface area contributed by atoms with Gasteiger partial charge in [0.25, 0.3) is 0 Å². The minimum absolute atomic E-state index is 0.112. The number of morpholine rings is 1. The highest BCUT2D eigenvalue weighted by Gasteiger charge is 2.24. The van der Waals surface area contributed by atoms with Gasteiger partial charge in [-0.1, -0.05) is 0 Å². The summed E-state index contributed by atoms with van der Waals surface area (Å²) in [6, 6.07) is 0. The van der Waals surface area contributed by atoms with Gasteiger partial charge in [0, 0.05) is 18.9 Å². The first-order chi connectivity index (χ1) is 7.63. The van der Waals surface area contributed by atoms with Crippen LogP contribution < -0.4 is 0 Å². The standard InChI is InChI=1S/C10H11N3O3/c1-7-2-12-8(3-11-7)4-13-5-9(14)16-10(15)6-13/h2-3H,4-6H2,1H3. The highest BCUT2D eigenvalue weighted by molar-refractivity contribution is 5.90. The Hall–Kier alpha value is -1.82. The average Bonchev–Trinajstić information content (AvgIpc) is 2.20. The molecule has 0 saturated carbocycles. The molecule has 0 unspecified atom stereocenters. The predicted molar refractivity (Wildman–Crippen MR) is 53.1 cm³/mol. The van der Waals surface area contributed by atoms with Crippen LogP contribution in [0.3, 0.4) is 0 Å². The third-order valence-corrected chi connectivity index (χ3v) is 2.15. The van der Waals surface area contributed by atoms with Crippen LogP contribution in [0, 0.1) is 6.92 Å². The normalized spacial score (nSPS) is 17.3. The van der Waals surface area contributed by atoms with Crippen LogP contribution in [0.1, 0.15) is 11.4 Å². The Kier molecular flexibility index (Phi) is 2.91. The van der Waals surface area contributed by atoms with Gasteiger partial charge >= 0.3 is 11.9 Å². The maximum atomic E-state index is 11.0. The zero-order chi connectivity index (χ0) is 11.5. The lowest BCUT2D eigenvalue weighted by Gasteiger charge is -2.23. The summed E-state index contributed by atoms with van der Waals surface area (Å²) in [5, 5.41) is 0. The summed E-state index contributed by atoms with van der Waals surface area (Å²) in [6.07, 6.45) is 3.29. The molecule has 0 radical (unpaired) electrons. The summed E-state index contributed by atoms with van der Waals surface area (Å²) in [5.41, 5.74) is 1.56. The van der Waals surface area contributed by atoms with Crippen molar-refractivity contribution >= 4 is 11.9 Å². The van der Waals surface area contributed by atoms with Crippen LogP contribution in [0.4, 0.5) is 0 Å². The van der Waals surface area contributed by atoms with Gasteiger partial charge < -0.3 is 4.74 Å². The van der Waals surface area contributed by atoms with Crippen molar-refractivity contribution in [3.05, 3.63) is 23.8 Å². The summed E-state index contributed by atoms with van der Waals surface area (Å²) < 4.78 is 4.42. The molecule has 0 aliphatic carbocycles. The molecule has 0 amide bonds. The molecule has 1 saturated heterocycles. The Balaban J connectivity index is 2.01. The highest BCUT2D eigenvalue weighted by Crippen LogP contribution is 2.05. The van der Waals surface area contributed by atoms with Crippen molar-refractivity contribution in [3.63, 3.8) is 0 Å². The number of ether oxygens (including phenoxy) is 1. The number of esters is 2. The molecule has 16 heavy (non-hydrogen) atoms. The molecule has 0 atom stereocenters. The first-order valence-corrected chi connectivity index (χ1v) is 4.87. The topological polar surface area (TPSA) is 72.4 Å². The van der Waals surface area contributed by atoms with Crippen LogP contribution in [-0.2, 0) is 20.9 Å². The first kappa shape index (κ1) is 10.7. The summed E-state index contributed by atoms with van der Waals surface area (Å²) >= 11 is 0. The zero-order valence-electron chi connectivity index (χ0n) is 8.84. The molecule has 0 N–H and O–H groups in total. The van der Waals surface area contributed by atoms with E-state index in [2.05, 4.69) is 14.7 Å². The molecule has 6 nitrogen and oxygen atoms in total. The van der Waals surface area contributed by atoms with Crippen molar-refractivity contribution in [2.45, 2.75) is 13.5 Å². The van der Waals surface area contributed by atoms with Crippen molar-refractivity contribution in [1.29, 1.82) is 0 Å². The van der Waals surface area contributed by atoms with Gasteiger partial charge in [0.05, 0.1) is 24.5 Å².